The van der Waals surface area contributed by atoms with Gasteiger partial charge in [-0.05, 0) is 30.5 Å². The Morgan fingerprint density at radius 1 is 1.12 bits per heavy atom. The van der Waals surface area contributed by atoms with E-state index in [1.807, 2.05) is 29.3 Å². The highest BCUT2D eigenvalue weighted by Crippen LogP contribution is 2.19. The second-order valence-corrected chi connectivity index (χ2v) is 9.22. The van der Waals surface area contributed by atoms with Crippen molar-refractivity contribution in [2.24, 2.45) is 0 Å². The molecule has 0 bridgehead atoms. The summed E-state index contributed by atoms with van der Waals surface area (Å²) in [6, 6.07) is 12.4. The molecule has 1 unspecified atom stereocenters. The molecule has 1 aromatic carbocycles. The van der Waals surface area contributed by atoms with Crippen LogP contribution in [0.1, 0.15) is 17.8 Å². The first-order valence-corrected chi connectivity index (χ1v) is 10.9. The van der Waals surface area contributed by atoms with Crippen molar-refractivity contribution in [3.8, 4) is 0 Å². The van der Waals surface area contributed by atoms with Crippen LogP contribution >= 0.6 is 11.3 Å². The lowest BCUT2D eigenvalue weighted by molar-refractivity contribution is -0.123. The van der Waals surface area contributed by atoms with Gasteiger partial charge in [0.2, 0.25) is 15.9 Å². The summed E-state index contributed by atoms with van der Waals surface area (Å²) in [6.07, 6.45) is 0. The van der Waals surface area contributed by atoms with Gasteiger partial charge in [-0.3, -0.25) is 9.69 Å². The number of amides is 1. The van der Waals surface area contributed by atoms with E-state index in [9.17, 15) is 13.2 Å². The van der Waals surface area contributed by atoms with Gasteiger partial charge in [0.1, 0.15) is 0 Å². The van der Waals surface area contributed by atoms with Gasteiger partial charge >= 0.3 is 0 Å². The third kappa shape index (κ3) is 4.50. The fourth-order valence-electron chi connectivity index (χ4n) is 2.97. The van der Waals surface area contributed by atoms with Gasteiger partial charge in [-0.2, -0.15) is 4.31 Å². The van der Waals surface area contributed by atoms with E-state index in [0.717, 1.165) is 4.88 Å². The number of carbonyl (C=O) groups is 1. The van der Waals surface area contributed by atoms with Crippen molar-refractivity contribution in [1.29, 1.82) is 0 Å². The van der Waals surface area contributed by atoms with E-state index in [-0.39, 0.29) is 18.5 Å². The number of hydrogen-bond acceptors (Lipinski definition) is 5. The largest absolute Gasteiger partial charge is 0.348 e. The Morgan fingerprint density at radius 3 is 2.42 bits per heavy atom. The third-order valence-electron chi connectivity index (χ3n) is 4.43. The monoisotopic (exact) mass is 393 g/mol. The van der Waals surface area contributed by atoms with Gasteiger partial charge in [0.05, 0.1) is 17.5 Å². The zero-order chi connectivity index (χ0) is 18.6. The van der Waals surface area contributed by atoms with Crippen LogP contribution < -0.4 is 5.32 Å². The summed E-state index contributed by atoms with van der Waals surface area (Å²) < 4.78 is 26.7. The molecule has 1 aliphatic heterocycles. The molecule has 0 aliphatic carbocycles. The minimum absolute atomic E-state index is 0.0118. The summed E-state index contributed by atoms with van der Waals surface area (Å²) in [5, 5.41) is 4.99. The lowest BCUT2D eigenvalue weighted by atomic mass is 10.2. The fraction of sp³-hybridized carbons (Fsp3) is 0.389. The zero-order valence-electron chi connectivity index (χ0n) is 14.7. The van der Waals surface area contributed by atoms with Gasteiger partial charge in [-0.25, -0.2) is 8.42 Å². The Bertz CT molecular complexity index is 815. The number of sulfonamides is 1. The first-order valence-electron chi connectivity index (χ1n) is 8.57. The molecule has 1 amide bonds. The zero-order valence-corrected chi connectivity index (χ0v) is 16.3. The molecule has 0 saturated carbocycles. The van der Waals surface area contributed by atoms with Gasteiger partial charge in [-0.15, -0.1) is 11.3 Å². The van der Waals surface area contributed by atoms with E-state index in [0.29, 0.717) is 31.1 Å². The van der Waals surface area contributed by atoms with Crippen LogP contribution in [0, 0.1) is 0 Å². The maximum atomic E-state index is 12.6. The Hall–Kier alpha value is -1.74. The van der Waals surface area contributed by atoms with Crippen LogP contribution in [0.5, 0.6) is 0 Å². The van der Waals surface area contributed by atoms with E-state index in [1.165, 1.54) is 4.31 Å². The molecule has 1 saturated heterocycles. The van der Waals surface area contributed by atoms with Crippen molar-refractivity contribution < 1.29 is 13.2 Å². The molecule has 3 rings (SSSR count). The fourth-order valence-corrected chi connectivity index (χ4v) is 5.15. The van der Waals surface area contributed by atoms with Gasteiger partial charge in [0.15, 0.2) is 0 Å². The van der Waals surface area contributed by atoms with Crippen molar-refractivity contribution in [1.82, 2.24) is 14.5 Å². The number of nitrogens with zero attached hydrogens (tertiary/aromatic N) is 2. The van der Waals surface area contributed by atoms with Crippen molar-refractivity contribution in [3.63, 3.8) is 0 Å². The molecule has 1 atom stereocenters. The van der Waals surface area contributed by atoms with Crippen LogP contribution in [0.3, 0.4) is 0 Å². The molecule has 6 nitrogen and oxygen atoms in total. The van der Waals surface area contributed by atoms with E-state index in [2.05, 4.69) is 5.32 Å². The van der Waals surface area contributed by atoms with Crippen LogP contribution in [0.4, 0.5) is 0 Å². The van der Waals surface area contributed by atoms with E-state index >= 15 is 0 Å². The van der Waals surface area contributed by atoms with Crippen LogP contribution in [0.15, 0.2) is 52.7 Å². The third-order valence-corrected chi connectivity index (χ3v) is 7.39. The minimum atomic E-state index is -3.46. The van der Waals surface area contributed by atoms with E-state index in [1.54, 1.807) is 41.7 Å². The quantitative estimate of drug-likeness (QED) is 0.814. The molecule has 2 heterocycles. The summed E-state index contributed by atoms with van der Waals surface area (Å²) in [5.41, 5.74) is 0. The molecule has 0 spiro atoms. The predicted octanol–water partition coefficient (Wildman–Crippen LogP) is 1.93. The lowest BCUT2D eigenvalue weighted by Crippen LogP contribution is -2.51. The Labute approximate surface area is 158 Å². The first-order chi connectivity index (χ1) is 12.5. The molecule has 26 heavy (non-hydrogen) atoms. The molecule has 1 fully saturated rings. The summed E-state index contributed by atoms with van der Waals surface area (Å²) in [4.78, 5) is 15.7. The minimum Gasteiger partial charge on any atom is -0.348 e. The van der Waals surface area contributed by atoms with Crippen molar-refractivity contribution in [3.05, 3.63) is 52.7 Å². The molecule has 0 radical (unpaired) electrons. The van der Waals surface area contributed by atoms with Crippen LogP contribution in [-0.2, 0) is 14.8 Å². The average molecular weight is 394 g/mol. The van der Waals surface area contributed by atoms with E-state index in [4.69, 9.17) is 0 Å². The number of rotatable bonds is 6. The topological polar surface area (TPSA) is 69.7 Å². The second kappa shape index (κ2) is 8.30. The molecule has 140 valence electrons. The van der Waals surface area contributed by atoms with Crippen molar-refractivity contribution >= 4 is 27.3 Å². The molecular formula is C18H23N3O3S2. The summed E-state index contributed by atoms with van der Waals surface area (Å²) in [6.45, 7) is 4.14. The van der Waals surface area contributed by atoms with Crippen LogP contribution in [0.2, 0.25) is 0 Å². The number of piperazine rings is 1. The smallest absolute Gasteiger partial charge is 0.243 e. The number of carbonyl (C=O) groups excluding carboxylic acids is 1. The second-order valence-electron chi connectivity index (χ2n) is 6.30. The standard InChI is InChI=1S/C18H23N3O3S2/c1-15(17-8-5-13-25-17)19-18(22)14-20-9-11-21(12-10-20)26(23,24)16-6-3-2-4-7-16/h2-8,13,15H,9-12,14H2,1H3,(H,19,22). The predicted molar refractivity (Wildman–Crippen MR) is 103 cm³/mol. The Balaban J connectivity index is 1.50. The highest BCUT2D eigenvalue weighted by Gasteiger charge is 2.29. The normalized spacial score (nSPS) is 17.7. The summed E-state index contributed by atoms with van der Waals surface area (Å²) in [5.74, 6) is -0.0368. The summed E-state index contributed by atoms with van der Waals surface area (Å²) in [7, 11) is -3.46. The Kier molecular flexibility index (Phi) is 6.08. The van der Waals surface area contributed by atoms with Crippen molar-refractivity contribution in [2.75, 3.05) is 32.7 Å². The van der Waals surface area contributed by atoms with Gasteiger partial charge in [-0.1, -0.05) is 24.3 Å². The molecule has 1 aromatic heterocycles. The lowest BCUT2D eigenvalue weighted by Gasteiger charge is -2.33. The number of benzene rings is 1. The average Bonchev–Trinajstić information content (AvgIpc) is 3.18. The molecular weight excluding hydrogens is 370 g/mol. The van der Waals surface area contributed by atoms with Crippen LogP contribution in [-0.4, -0.2) is 56.3 Å². The maximum Gasteiger partial charge on any atom is 0.243 e. The van der Waals surface area contributed by atoms with Gasteiger partial charge in [0.25, 0.3) is 0 Å². The molecule has 1 N–H and O–H groups in total. The molecule has 1 aliphatic rings. The Morgan fingerprint density at radius 2 is 1.81 bits per heavy atom. The maximum absolute atomic E-state index is 12.6. The number of nitrogens with one attached hydrogen (secondary N) is 1. The number of thiophene rings is 1. The van der Waals surface area contributed by atoms with E-state index < -0.39 is 10.0 Å². The highest BCUT2D eigenvalue weighted by molar-refractivity contribution is 7.89. The first kappa shape index (κ1) is 19.0. The highest BCUT2D eigenvalue weighted by atomic mass is 32.2. The van der Waals surface area contributed by atoms with Gasteiger partial charge < -0.3 is 5.32 Å². The SMILES string of the molecule is CC(NC(=O)CN1CCN(S(=O)(=O)c2ccccc2)CC1)c1cccs1. The number of hydrogen-bond donors (Lipinski definition) is 1. The molecule has 2 aromatic rings. The molecule has 8 heteroatoms. The van der Waals surface area contributed by atoms with Crippen LogP contribution in [0.25, 0.3) is 0 Å². The van der Waals surface area contributed by atoms with Gasteiger partial charge in [0, 0.05) is 31.1 Å². The van der Waals surface area contributed by atoms with Crippen molar-refractivity contribution in [2.45, 2.75) is 17.9 Å². The summed E-state index contributed by atoms with van der Waals surface area (Å²) >= 11 is 1.62.